The van der Waals surface area contributed by atoms with Gasteiger partial charge in [-0.2, -0.15) is 4.36 Å². The SMILES string of the molecule is Cc1nc(C(C)(C)O)sc1S(N)(=O)=NC(O)Nc1c2c(c(F)c3c1CCC3)CCC2. The molecule has 7 nitrogen and oxygen atoms in total. The summed E-state index contributed by atoms with van der Waals surface area (Å²) in [5.41, 5.74) is 3.10. The molecule has 0 saturated heterocycles. The highest BCUT2D eigenvalue weighted by Gasteiger charge is 2.30. The van der Waals surface area contributed by atoms with E-state index in [1.807, 2.05) is 0 Å². The molecule has 0 fully saturated rings. The Morgan fingerprint density at radius 1 is 1.20 bits per heavy atom. The van der Waals surface area contributed by atoms with Gasteiger partial charge in [0.1, 0.15) is 30.6 Å². The van der Waals surface area contributed by atoms with Gasteiger partial charge in [-0.3, -0.25) is 0 Å². The summed E-state index contributed by atoms with van der Waals surface area (Å²) in [6, 6.07) is 0. The van der Waals surface area contributed by atoms with Crippen molar-refractivity contribution in [2.45, 2.75) is 75.5 Å². The van der Waals surface area contributed by atoms with Crippen LogP contribution in [-0.4, -0.2) is 25.8 Å². The standard InChI is InChI=1S/C20H27FN4O3S2/c1-10-17(29-18(23-10)20(2,3)27)30(22,28)25-19(26)24-16-13-8-4-6-11(13)15(21)12-7-5-9-14(12)16/h19,24,26-27H,4-9H2,1-3H3,(H2,22,25,28). The van der Waals surface area contributed by atoms with E-state index in [-0.39, 0.29) is 10.0 Å². The third-order valence-corrected chi connectivity index (χ3v) is 9.21. The lowest BCUT2D eigenvalue weighted by Gasteiger charge is -2.20. The maximum absolute atomic E-state index is 14.8. The second-order valence-corrected chi connectivity index (χ2v) is 11.5. The number of halogens is 1. The van der Waals surface area contributed by atoms with Crippen LogP contribution in [0.15, 0.2) is 8.57 Å². The number of nitrogens with zero attached hydrogens (tertiary/aromatic N) is 2. The second-order valence-electron chi connectivity index (χ2n) is 8.45. The molecule has 0 aliphatic heterocycles. The number of aromatic nitrogens is 1. The quantitative estimate of drug-likeness (QED) is 0.518. The van der Waals surface area contributed by atoms with Gasteiger partial charge in [-0.15, -0.1) is 11.3 Å². The largest absolute Gasteiger partial charge is 0.383 e. The van der Waals surface area contributed by atoms with Crippen LogP contribution >= 0.6 is 11.3 Å². The molecule has 10 heteroatoms. The van der Waals surface area contributed by atoms with Crippen LogP contribution in [0.3, 0.4) is 0 Å². The first-order valence-electron chi connectivity index (χ1n) is 10.0. The van der Waals surface area contributed by atoms with Gasteiger partial charge in [0.15, 0.2) is 0 Å². The first-order chi connectivity index (χ1) is 14.0. The van der Waals surface area contributed by atoms with Crippen molar-refractivity contribution in [3.8, 4) is 0 Å². The minimum Gasteiger partial charge on any atom is -0.383 e. The fourth-order valence-electron chi connectivity index (χ4n) is 4.33. The van der Waals surface area contributed by atoms with Crippen LogP contribution in [0.5, 0.6) is 0 Å². The van der Waals surface area contributed by atoms with Gasteiger partial charge in [0.05, 0.1) is 5.69 Å². The number of aliphatic hydroxyl groups is 2. The fourth-order valence-corrected chi connectivity index (χ4v) is 6.89. The van der Waals surface area contributed by atoms with Crippen LogP contribution < -0.4 is 10.5 Å². The Balaban J connectivity index is 1.69. The third kappa shape index (κ3) is 3.75. The predicted molar refractivity (Wildman–Crippen MR) is 115 cm³/mol. The predicted octanol–water partition coefficient (Wildman–Crippen LogP) is 2.88. The van der Waals surface area contributed by atoms with E-state index in [0.717, 1.165) is 48.1 Å². The third-order valence-electron chi connectivity index (χ3n) is 5.64. The molecule has 30 heavy (non-hydrogen) atoms. The lowest BCUT2D eigenvalue weighted by atomic mass is 9.98. The van der Waals surface area contributed by atoms with Crippen molar-refractivity contribution in [1.29, 1.82) is 0 Å². The molecule has 0 spiro atoms. The minimum absolute atomic E-state index is 0.103. The van der Waals surface area contributed by atoms with Crippen molar-refractivity contribution < 1.29 is 18.8 Å². The van der Waals surface area contributed by atoms with Crippen LogP contribution in [0.2, 0.25) is 0 Å². The van der Waals surface area contributed by atoms with E-state index in [4.69, 9.17) is 5.14 Å². The van der Waals surface area contributed by atoms with Crippen LogP contribution in [0.1, 0.15) is 59.6 Å². The minimum atomic E-state index is -3.45. The molecule has 2 aromatic rings. The molecular weight excluding hydrogens is 427 g/mol. The monoisotopic (exact) mass is 454 g/mol. The van der Waals surface area contributed by atoms with Gasteiger partial charge in [-0.25, -0.2) is 18.7 Å². The Hall–Kier alpha value is -1.59. The first-order valence-corrected chi connectivity index (χ1v) is 12.4. The topological polar surface area (TPSA) is 121 Å². The highest BCUT2D eigenvalue weighted by atomic mass is 32.2. The molecule has 2 atom stereocenters. The molecule has 0 amide bonds. The summed E-state index contributed by atoms with van der Waals surface area (Å²) in [6.45, 7) is 4.80. The average Bonchev–Trinajstić information content (AvgIpc) is 3.36. The summed E-state index contributed by atoms with van der Waals surface area (Å²) in [6.07, 6.45) is 3.04. The number of fused-ring (bicyclic) bond motifs is 2. The van der Waals surface area contributed by atoms with Crippen molar-refractivity contribution in [3.63, 3.8) is 0 Å². The van der Waals surface area contributed by atoms with Crippen LogP contribution in [0, 0.1) is 12.7 Å². The van der Waals surface area contributed by atoms with E-state index >= 15 is 0 Å². The Labute approximate surface area is 179 Å². The van der Waals surface area contributed by atoms with E-state index < -0.39 is 21.9 Å². The number of aliphatic hydroxyl groups excluding tert-OH is 1. The van der Waals surface area contributed by atoms with Crippen molar-refractivity contribution in [3.05, 3.63) is 38.8 Å². The molecule has 0 radical (unpaired) electrons. The molecule has 4 rings (SSSR count). The Bertz CT molecular complexity index is 1100. The van der Waals surface area contributed by atoms with Gasteiger partial charge < -0.3 is 15.5 Å². The Morgan fingerprint density at radius 3 is 2.23 bits per heavy atom. The van der Waals surface area contributed by atoms with E-state index in [2.05, 4.69) is 14.7 Å². The summed E-state index contributed by atoms with van der Waals surface area (Å²) >= 11 is 1.02. The van der Waals surface area contributed by atoms with Crippen molar-refractivity contribution in [2.75, 3.05) is 5.32 Å². The van der Waals surface area contributed by atoms with E-state index in [1.54, 1.807) is 20.8 Å². The number of hydrogen-bond donors (Lipinski definition) is 4. The van der Waals surface area contributed by atoms with E-state index in [0.29, 0.717) is 40.4 Å². The molecule has 2 unspecified atom stereocenters. The number of benzene rings is 1. The van der Waals surface area contributed by atoms with Gasteiger partial charge in [-0.05, 0) is 81.5 Å². The van der Waals surface area contributed by atoms with Crippen molar-refractivity contribution in [2.24, 2.45) is 9.50 Å². The van der Waals surface area contributed by atoms with Gasteiger partial charge in [0.2, 0.25) is 6.35 Å². The number of rotatable bonds is 5. The smallest absolute Gasteiger partial charge is 0.233 e. The molecule has 1 aromatic heterocycles. The zero-order chi connectivity index (χ0) is 21.8. The summed E-state index contributed by atoms with van der Waals surface area (Å²) in [5, 5.41) is 30.1. The Morgan fingerprint density at radius 2 is 1.73 bits per heavy atom. The van der Waals surface area contributed by atoms with E-state index in [1.165, 1.54) is 0 Å². The number of nitrogens with one attached hydrogen (secondary N) is 1. The molecule has 1 aromatic carbocycles. The summed E-state index contributed by atoms with van der Waals surface area (Å²) in [7, 11) is -3.45. The molecule has 5 N–H and O–H groups in total. The molecule has 2 aliphatic carbocycles. The molecular formula is C20H27FN4O3S2. The fraction of sp³-hybridized carbons (Fsp3) is 0.550. The lowest BCUT2D eigenvalue weighted by molar-refractivity contribution is 0.0781. The van der Waals surface area contributed by atoms with Crippen LogP contribution in [0.25, 0.3) is 0 Å². The molecule has 0 saturated carbocycles. The highest BCUT2D eigenvalue weighted by Crippen LogP contribution is 2.41. The molecule has 1 heterocycles. The van der Waals surface area contributed by atoms with Crippen LogP contribution in [-0.2, 0) is 41.2 Å². The zero-order valence-electron chi connectivity index (χ0n) is 17.3. The summed E-state index contributed by atoms with van der Waals surface area (Å²) in [5.74, 6) is -0.103. The van der Waals surface area contributed by atoms with Gasteiger partial charge in [0.25, 0.3) is 0 Å². The van der Waals surface area contributed by atoms with Gasteiger partial charge >= 0.3 is 0 Å². The number of hydrogen-bond acceptors (Lipinski definition) is 7. The first kappa shape index (κ1) is 21.6. The molecule has 2 aliphatic rings. The maximum atomic E-state index is 14.8. The maximum Gasteiger partial charge on any atom is 0.233 e. The normalized spacial score (nSPS) is 18.6. The number of nitrogens with two attached hydrogens (primary N) is 1. The summed E-state index contributed by atoms with van der Waals surface area (Å²) < 4.78 is 32.1. The van der Waals surface area contributed by atoms with Gasteiger partial charge in [-0.1, -0.05) is 0 Å². The molecule has 0 bridgehead atoms. The molecule has 164 valence electrons. The van der Waals surface area contributed by atoms with Gasteiger partial charge in [0, 0.05) is 5.69 Å². The van der Waals surface area contributed by atoms with Crippen molar-refractivity contribution >= 4 is 26.9 Å². The summed E-state index contributed by atoms with van der Waals surface area (Å²) in [4.78, 5) is 4.25. The number of aryl methyl sites for hydroxylation is 1. The van der Waals surface area contributed by atoms with Crippen LogP contribution in [0.4, 0.5) is 10.1 Å². The van der Waals surface area contributed by atoms with Crippen molar-refractivity contribution in [1.82, 2.24) is 4.98 Å². The Kier molecular flexibility index (Phi) is 5.43. The number of thiazole rings is 1. The second kappa shape index (κ2) is 7.52. The highest BCUT2D eigenvalue weighted by molar-refractivity contribution is 7.93. The average molecular weight is 455 g/mol. The lowest BCUT2D eigenvalue weighted by Crippen LogP contribution is -2.24. The van der Waals surface area contributed by atoms with E-state index in [9.17, 15) is 18.8 Å². The zero-order valence-corrected chi connectivity index (χ0v) is 18.9. The number of anilines is 1.